The van der Waals surface area contributed by atoms with Crippen molar-refractivity contribution in [1.29, 1.82) is 0 Å². The van der Waals surface area contributed by atoms with Gasteiger partial charge in [0.1, 0.15) is 13.1 Å². The Bertz CT molecular complexity index is 452. The van der Waals surface area contributed by atoms with Crippen LogP contribution in [0.3, 0.4) is 0 Å². The SMILES string of the molecule is CCCCCCCC/C=C\CCCCCCCC[N+](C)(C)CC[N+](C)(C)CCCCCCCCC. The van der Waals surface area contributed by atoms with Crippen LogP contribution >= 0.6 is 0 Å². The van der Waals surface area contributed by atoms with Crippen LogP contribution in [0.15, 0.2) is 12.2 Å². The molecule has 0 aliphatic carbocycles. The van der Waals surface area contributed by atoms with Crippen LogP contribution < -0.4 is 0 Å². The van der Waals surface area contributed by atoms with Gasteiger partial charge in [0.05, 0.1) is 41.3 Å². The van der Waals surface area contributed by atoms with E-state index in [0.29, 0.717) is 0 Å². The third-order valence-corrected chi connectivity index (χ3v) is 7.95. The molecule has 0 spiro atoms. The van der Waals surface area contributed by atoms with Gasteiger partial charge in [-0.2, -0.15) is 0 Å². The van der Waals surface area contributed by atoms with Gasteiger partial charge in [-0.3, -0.25) is 0 Å². The summed E-state index contributed by atoms with van der Waals surface area (Å²) < 4.78 is 2.39. The van der Waals surface area contributed by atoms with Crippen molar-refractivity contribution in [2.45, 2.75) is 149 Å². The summed E-state index contributed by atoms with van der Waals surface area (Å²) in [5, 5.41) is 0. The molecule has 0 aliphatic heterocycles. The molecule has 0 bridgehead atoms. The van der Waals surface area contributed by atoms with Gasteiger partial charge in [-0.25, -0.2) is 0 Å². The van der Waals surface area contributed by atoms with E-state index in [1.807, 2.05) is 0 Å². The van der Waals surface area contributed by atoms with Crippen molar-refractivity contribution in [3.05, 3.63) is 12.2 Å². The third-order valence-electron chi connectivity index (χ3n) is 7.95. The molecule has 0 aromatic carbocycles. The zero-order valence-electron chi connectivity index (χ0n) is 25.7. The van der Waals surface area contributed by atoms with E-state index in [-0.39, 0.29) is 0 Å². The van der Waals surface area contributed by atoms with Gasteiger partial charge >= 0.3 is 0 Å². The van der Waals surface area contributed by atoms with Crippen molar-refractivity contribution in [1.82, 2.24) is 0 Å². The molecule has 2 heteroatoms. The lowest BCUT2D eigenvalue weighted by molar-refractivity contribution is -0.946. The van der Waals surface area contributed by atoms with E-state index in [4.69, 9.17) is 0 Å². The van der Waals surface area contributed by atoms with Gasteiger partial charge in [-0.1, -0.05) is 109 Å². The first-order valence-electron chi connectivity index (χ1n) is 16.1. The maximum atomic E-state index is 2.45. The summed E-state index contributed by atoms with van der Waals surface area (Å²) in [7, 11) is 9.79. The summed E-state index contributed by atoms with van der Waals surface area (Å²) >= 11 is 0. The molecule has 210 valence electrons. The summed E-state index contributed by atoms with van der Waals surface area (Å²) in [6, 6.07) is 0. The zero-order chi connectivity index (χ0) is 26.1. The van der Waals surface area contributed by atoms with Gasteiger partial charge in [0.2, 0.25) is 0 Å². The molecule has 0 saturated heterocycles. The van der Waals surface area contributed by atoms with Crippen LogP contribution in [0.2, 0.25) is 0 Å². The van der Waals surface area contributed by atoms with Gasteiger partial charge < -0.3 is 8.97 Å². The predicted octanol–water partition coefficient (Wildman–Crippen LogP) is 9.93. The van der Waals surface area contributed by atoms with E-state index < -0.39 is 0 Å². The molecule has 0 N–H and O–H groups in total. The highest BCUT2D eigenvalue weighted by molar-refractivity contribution is 4.81. The highest BCUT2D eigenvalue weighted by Gasteiger charge is 2.22. The molecule has 0 rings (SSSR count). The predicted molar refractivity (Wildman–Crippen MR) is 161 cm³/mol. The van der Waals surface area contributed by atoms with Crippen LogP contribution in [0.25, 0.3) is 0 Å². The maximum Gasteiger partial charge on any atom is 0.128 e. The molecule has 0 saturated carbocycles. The van der Waals surface area contributed by atoms with Crippen LogP contribution in [-0.4, -0.2) is 63.3 Å². The molecule has 0 aliphatic rings. The normalized spacial score (nSPS) is 12.7. The maximum absolute atomic E-state index is 2.45. The van der Waals surface area contributed by atoms with Crippen LogP contribution in [0.1, 0.15) is 149 Å². The monoisotopic (exact) mass is 495 g/mol. The topological polar surface area (TPSA) is 0 Å². The molecule has 0 unspecified atom stereocenters. The lowest BCUT2D eigenvalue weighted by Gasteiger charge is -2.36. The van der Waals surface area contributed by atoms with Crippen LogP contribution in [0.4, 0.5) is 0 Å². The molecule has 0 aromatic heterocycles. The first kappa shape index (κ1) is 34.7. The zero-order valence-corrected chi connectivity index (χ0v) is 25.7. The third kappa shape index (κ3) is 26.5. The van der Waals surface area contributed by atoms with Crippen molar-refractivity contribution in [3.8, 4) is 0 Å². The Balaban J connectivity index is 3.59. The molecule has 0 heterocycles. The summed E-state index contributed by atoms with van der Waals surface area (Å²) in [6.07, 6.45) is 34.4. The summed E-state index contributed by atoms with van der Waals surface area (Å²) in [5.41, 5.74) is 0. The number of nitrogens with zero attached hydrogens (tertiary/aromatic N) is 2. The molecule has 0 atom stereocenters. The first-order valence-corrected chi connectivity index (χ1v) is 16.1. The Kier molecular flexibility index (Phi) is 23.8. The standard InChI is InChI=1S/C33H70N2/c1-7-9-11-13-15-16-17-18-19-20-21-22-23-25-27-29-31-35(5,6)33-32-34(3,4)30-28-26-24-14-12-10-8-2/h18-19H,7-17,20-33H2,1-6H3/q+2/b19-18-. The van der Waals surface area contributed by atoms with Crippen LogP contribution in [0, 0.1) is 0 Å². The van der Waals surface area contributed by atoms with E-state index >= 15 is 0 Å². The molecule has 2 nitrogen and oxygen atoms in total. The Morgan fingerprint density at radius 2 is 0.629 bits per heavy atom. The number of allylic oxidation sites excluding steroid dienone is 2. The molecule has 0 aromatic rings. The fraction of sp³-hybridized carbons (Fsp3) is 0.939. The second-order valence-corrected chi connectivity index (χ2v) is 12.8. The van der Waals surface area contributed by atoms with Gasteiger partial charge in [0.25, 0.3) is 0 Å². The Labute approximate surface area is 224 Å². The highest BCUT2D eigenvalue weighted by atomic mass is 15.4. The smallest absolute Gasteiger partial charge is 0.128 e. The van der Waals surface area contributed by atoms with Gasteiger partial charge in [0.15, 0.2) is 0 Å². The Hall–Kier alpha value is -0.340. The summed E-state index contributed by atoms with van der Waals surface area (Å²) in [4.78, 5) is 0. The van der Waals surface area contributed by atoms with E-state index in [1.165, 1.54) is 170 Å². The molecule has 0 radical (unpaired) electrons. The van der Waals surface area contributed by atoms with Gasteiger partial charge in [-0.15, -0.1) is 0 Å². The van der Waals surface area contributed by atoms with Crippen LogP contribution in [-0.2, 0) is 0 Å². The minimum atomic E-state index is 1.20. The highest BCUT2D eigenvalue weighted by Crippen LogP contribution is 2.13. The van der Waals surface area contributed by atoms with Crippen molar-refractivity contribution in [2.24, 2.45) is 0 Å². The second-order valence-electron chi connectivity index (χ2n) is 12.8. The number of quaternary nitrogens is 2. The lowest BCUT2D eigenvalue weighted by atomic mass is 10.1. The summed E-state index contributed by atoms with van der Waals surface area (Å²) in [6.45, 7) is 9.92. The molecule has 35 heavy (non-hydrogen) atoms. The summed E-state index contributed by atoms with van der Waals surface area (Å²) in [5.74, 6) is 0. The first-order chi connectivity index (χ1) is 16.8. The minimum absolute atomic E-state index is 1.20. The van der Waals surface area contributed by atoms with Gasteiger partial charge in [0, 0.05) is 0 Å². The largest absolute Gasteiger partial charge is 0.324 e. The number of hydrogen-bond donors (Lipinski definition) is 0. The van der Waals surface area contributed by atoms with E-state index in [1.54, 1.807) is 0 Å². The molecular weight excluding hydrogens is 424 g/mol. The van der Waals surface area contributed by atoms with Crippen molar-refractivity contribution in [2.75, 3.05) is 54.4 Å². The quantitative estimate of drug-likeness (QED) is 0.0605. The average molecular weight is 495 g/mol. The Morgan fingerprint density at radius 3 is 0.971 bits per heavy atom. The van der Waals surface area contributed by atoms with Crippen molar-refractivity contribution < 1.29 is 8.97 Å². The fourth-order valence-corrected chi connectivity index (χ4v) is 5.05. The van der Waals surface area contributed by atoms with Gasteiger partial charge in [-0.05, 0) is 51.4 Å². The van der Waals surface area contributed by atoms with E-state index in [2.05, 4.69) is 54.2 Å². The Morgan fingerprint density at radius 1 is 0.343 bits per heavy atom. The van der Waals surface area contributed by atoms with E-state index in [0.717, 1.165) is 0 Å². The molecule has 0 fully saturated rings. The fourth-order valence-electron chi connectivity index (χ4n) is 5.05. The average Bonchev–Trinajstić information content (AvgIpc) is 2.82. The van der Waals surface area contributed by atoms with Crippen molar-refractivity contribution in [3.63, 3.8) is 0 Å². The molecular formula is C33H70N2+2. The number of hydrogen-bond acceptors (Lipinski definition) is 0. The number of rotatable bonds is 27. The lowest BCUT2D eigenvalue weighted by Crippen LogP contribution is -2.51. The number of likely N-dealkylation sites (N-methyl/N-ethyl adjacent to an activating group) is 2. The molecule has 0 amide bonds. The van der Waals surface area contributed by atoms with E-state index in [9.17, 15) is 0 Å². The van der Waals surface area contributed by atoms with Crippen LogP contribution in [0.5, 0.6) is 0 Å². The minimum Gasteiger partial charge on any atom is -0.324 e. The second kappa shape index (κ2) is 24.0. The van der Waals surface area contributed by atoms with Crippen molar-refractivity contribution >= 4 is 0 Å². The number of unbranched alkanes of at least 4 members (excludes halogenated alkanes) is 18.